The van der Waals surface area contributed by atoms with Crippen LogP contribution >= 0.6 is 0 Å². The molecule has 1 aliphatic rings. The van der Waals surface area contributed by atoms with Gasteiger partial charge in [-0.05, 0) is 31.2 Å². The van der Waals surface area contributed by atoms with Crippen molar-refractivity contribution in [3.05, 3.63) is 71.3 Å². The predicted octanol–water partition coefficient (Wildman–Crippen LogP) is 2.95. The summed E-state index contributed by atoms with van der Waals surface area (Å²) in [6.07, 6.45) is 0. The first kappa shape index (κ1) is 17.1. The van der Waals surface area contributed by atoms with Gasteiger partial charge in [-0.3, -0.25) is 9.59 Å². The third-order valence-corrected chi connectivity index (χ3v) is 4.38. The van der Waals surface area contributed by atoms with Gasteiger partial charge in [0.05, 0.1) is 11.1 Å². The summed E-state index contributed by atoms with van der Waals surface area (Å²) < 4.78 is 27.6. The predicted molar refractivity (Wildman–Crippen MR) is 89.2 cm³/mol. The first-order chi connectivity index (χ1) is 12.0. The van der Waals surface area contributed by atoms with E-state index in [0.29, 0.717) is 0 Å². The molecule has 2 amide bonds. The SMILES string of the molecule is CC1CN(C(=O)c2ccccc2F)CCN1C(=O)c1ccccc1F. The Morgan fingerprint density at radius 1 is 0.880 bits per heavy atom. The molecule has 0 spiro atoms. The molecule has 0 saturated carbocycles. The molecule has 25 heavy (non-hydrogen) atoms. The quantitative estimate of drug-likeness (QED) is 0.840. The van der Waals surface area contributed by atoms with Gasteiger partial charge in [0.25, 0.3) is 11.8 Å². The molecular weight excluding hydrogens is 326 g/mol. The summed E-state index contributed by atoms with van der Waals surface area (Å²) in [6.45, 7) is 2.61. The fourth-order valence-corrected chi connectivity index (χ4v) is 3.04. The molecular formula is C19H18F2N2O2. The minimum atomic E-state index is -0.565. The van der Waals surface area contributed by atoms with Gasteiger partial charge in [0.15, 0.2) is 0 Å². The molecule has 1 atom stereocenters. The lowest BCUT2D eigenvalue weighted by Gasteiger charge is -2.40. The average molecular weight is 344 g/mol. The number of nitrogens with zero attached hydrogens (tertiary/aromatic N) is 2. The van der Waals surface area contributed by atoms with Gasteiger partial charge >= 0.3 is 0 Å². The van der Waals surface area contributed by atoms with Crippen molar-refractivity contribution in [1.29, 1.82) is 0 Å². The van der Waals surface area contributed by atoms with Gasteiger partial charge in [-0.15, -0.1) is 0 Å². The molecule has 1 aliphatic heterocycles. The van der Waals surface area contributed by atoms with Crippen molar-refractivity contribution in [3.63, 3.8) is 0 Å². The van der Waals surface area contributed by atoms with Crippen molar-refractivity contribution in [1.82, 2.24) is 9.80 Å². The molecule has 0 aliphatic carbocycles. The highest BCUT2D eigenvalue weighted by Gasteiger charge is 2.32. The molecule has 0 N–H and O–H groups in total. The Bertz CT molecular complexity index is 810. The highest BCUT2D eigenvalue weighted by atomic mass is 19.1. The Labute approximate surface area is 144 Å². The molecule has 0 radical (unpaired) electrons. The molecule has 6 heteroatoms. The molecule has 1 saturated heterocycles. The van der Waals surface area contributed by atoms with E-state index in [1.807, 2.05) is 0 Å². The van der Waals surface area contributed by atoms with Crippen molar-refractivity contribution in [2.45, 2.75) is 13.0 Å². The van der Waals surface area contributed by atoms with E-state index in [0.717, 1.165) is 0 Å². The molecule has 1 unspecified atom stereocenters. The van der Waals surface area contributed by atoms with Crippen molar-refractivity contribution < 1.29 is 18.4 Å². The zero-order chi connectivity index (χ0) is 18.0. The number of carbonyl (C=O) groups excluding carboxylic acids is 2. The minimum absolute atomic E-state index is 0.0169. The van der Waals surface area contributed by atoms with Gasteiger partial charge in [-0.1, -0.05) is 24.3 Å². The zero-order valence-electron chi connectivity index (χ0n) is 13.8. The topological polar surface area (TPSA) is 40.6 Å². The smallest absolute Gasteiger partial charge is 0.257 e. The molecule has 2 aromatic rings. The van der Waals surface area contributed by atoms with Crippen molar-refractivity contribution in [2.24, 2.45) is 0 Å². The second-order valence-corrected chi connectivity index (χ2v) is 6.06. The molecule has 3 rings (SSSR count). The molecule has 2 aromatic carbocycles. The maximum absolute atomic E-state index is 13.8. The van der Waals surface area contributed by atoms with E-state index in [2.05, 4.69) is 0 Å². The van der Waals surface area contributed by atoms with Crippen LogP contribution in [0.2, 0.25) is 0 Å². The number of amides is 2. The van der Waals surface area contributed by atoms with E-state index in [1.165, 1.54) is 41.3 Å². The second-order valence-electron chi connectivity index (χ2n) is 6.06. The van der Waals surface area contributed by atoms with Gasteiger partial charge in [-0.2, -0.15) is 0 Å². The molecule has 4 nitrogen and oxygen atoms in total. The van der Waals surface area contributed by atoms with E-state index in [9.17, 15) is 18.4 Å². The number of benzene rings is 2. The van der Waals surface area contributed by atoms with Crippen LogP contribution in [0.1, 0.15) is 27.6 Å². The van der Waals surface area contributed by atoms with E-state index in [1.54, 1.807) is 24.0 Å². The van der Waals surface area contributed by atoms with Crippen molar-refractivity contribution in [3.8, 4) is 0 Å². The Morgan fingerprint density at radius 3 is 1.92 bits per heavy atom. The lowest BCUT2D eigenvalue weighted by Crippen LogP contribution is -2.55. The molecule has 0 bridgehead atoms. The Balaban J connectivity index is 1.73. The number of piperazine rings is 1. The Kier molecular flexibility index (Phi) is 4.79. The molecule has 1 fully saturated rings. The monoisotopic (exact) mass is 344 g/mol. The Hall–Kier alpha value is -2.76. The van der Waals surface area contributed by atoms with E-state index in [-0.39, 0.29) is 36.8 Å². The largest absolute Gasteiger partial charge is 0.335 e. The number of halogens is 2. The van der Waals surface area contributed by atoms with Crippen LogP contribution in [0.5, 0.6) is 0 Å². The summed E-state index contributed by atoms with van der Waals surface area (Å²) in [4.78, 5) is 28.1. The third-order valence-electron chi connectivity index (χ3n) is 4.38. The highest BCUT2D eigenvalue weighted by Crippen LogP contribution is 2.18. The first-order valence-corrected chi connectivity index (χ1v) is 8.08. The average Bonchev–Trinajstić information content (AvgIpc) is 2.61. The maximum Gasteiger partial charge on any atom is 0.257 e. The summed E-state index contributed by atoms with van der Waals surface area (Å²) >= 11 is 0. The number of hydrogen-bond donors (Lipinski definition) is 0. The van der Waals surface area contributed by atoms with Crippen LogP contribution < -0.4 is 0 Å². The first-order valence-electron chi connectivity index (χ1n) is 8.08. The zero-order valence-corrected chi connectivity index (χ0v) is 13.8. The molecule has 130 valence electrons. The maximum atomic E-state index is 13.8. The van der Waals surface area contributed by atoms with Crippen LogP contribution in [0.15, 0.2) is 48.5 Å². The molecule has 0 aromatic heterocycles. The van der Waals surface area contributed by atoms with Crippen molar-refractivity contribution in [2.75, 3.05) is 19.6 Å². The van der Waals surface area contributed by atoms with Crippen LogP contribution in [0.3, 0.4) is 0 Å². The van der Waals surface area contributed by atoms with Crippen molar-refractivity contribution >= 4 is 11.8 Å². The van der Waals surface area contributed by atoms with Crippen LogP contribution in [0, 0.1) is 11.6 Å². The highest BCUT2D eigenvalue weighted by molar-refractivity contribution is 5.96. The number of hydrogen-bond acceptors (Lipinski definition) is 2. The number of rotatable bonds is 2. The van der Waals surface area contributed by atoms with E-state index in [4.69, 9.17) is 0 Å². The van der Waals surface area contributed by atoms with Gasteiger partial charge < -0.3 is 9.80 Å². The van der Waals surface area contributed by atoms with Crippen LogP contribution in [0.4, 0.5) is 8.78 Å². The third kappa shape index (κ3) is 3.38. The Morgan fingerprint density at radius 2 is 1.40 bits per heavy atom. The normalized spacial score (nSPS) is 17.5. The summed E-state index contributed by atoms with van der Waals surface area (Å²) in [5.41, 5.74) is 0.0341. The standard InChI is InChI=1S/C19H18F2N2O2/c1-13-12-22(18(24)14-6-2-4-8-16(14)20)10-11-23(13)19(25)15-7-3-5-9-17(15)21/h2-9,13H,10-12H2,1H3. The minimum Gasteiger partial charge on any atom is -0.335 e. The van der Waals surface area contributed by atoms with E-state index >= 15 is 0 Å². The summed E-state index contributed by atoms with van der Waals surface area (Å²) in [5.74, 6) is -1.93. The fraction of sp³-hybridized carbons (Fsp3) is 0.263. The van der Waals surface area contributed by atoms with Gasteiger partial charge in [0, 0.05) is 25.7 Å². The lowest BCUT2D eigenvalue weighted by atomic mass is 10.1. The summed E-state index contributed by atoms with van der Waals surface area (Å²) in [7, 11) is 0. The lowest BCUT2D eigenvalue weighted by molar-refractivity contribution is 0.0409. The fourth-order valence-electron chi connectivity index (χ4n) is 3.04. The summed E-state index contributed by atoms with van der Waals surface area (Å²) in [6, 6.07) is 11.4. The van der Waals surface area contributed by atoms with Gasteiger partial charge in [0.1, 0.15) is 11.6 Å². The molecule has 1 heterocycles. The van der Waals surface area contributed by atoms with E-state index < -0.39 is 23.4 Å². The summed E-state index contributed by atoms with van der Waals surface area (Å²) in [5, 5.41) is 0. The van der Waals surface area contributed by atoms with Gasteiger partial charge in [-0.25, -0.2) is 8.78 Å². The van der Waals surface area contributed by atoms with Gasteiger partial charge in [0.2, 0.25) is 0 Å². The second kappa shape index (κ2) is 7.01. The van der Waals surface area contributed by atoms with Crippen LogP contribution in [-0.2, 0) is 0 Å². The number of carbonyl (C=O) groups is 2. The van der Waals surface area contributed by atoms with Crippen LogP contribution in [0.25, 0.3) is 0 Å². The van der Waals surface area contributed by atoms with Crippen LogP contribution in [-0.4, -0.2) is 47.3 Å².